The number of hydrogen-bond acceptors (Lipinski definition) is 3. The topological polar surface area (TPSA) is 59.3 Å². The van der Waals surface area contributed by atoms with E-state index >= 15 is 0 Å². The second-order valence-corrected chi connectivity index (χ2v) is 7.02. The lowest BCUT2D eigenvalue weighted by Crippen LogP contribution is -2.38. The van der Waals surface area contributed by atoms with Gasteiger partial charge in [-0.05, 0) is 30.7 Å². The molecule has 0 saturated heterocycles. The van der Waals surface area contributed by atoms with E-state index in [0.29, 0.717) is 0 Å². The number of fused-ring (bicyclic) bond motifs is 1. The zero-order valence-electron chi connectivity index (χ0n) is 12.7. The van der Waals surface area contributed by atoms with Crippen molar-refractivity contribution in [1.29, 1.82) is 0 Å². The first-order valence-corrected chi connectivity index (χ1v) is 7.96. The molecule has 1 atom stereocenters. The Morgan fingerprint density at radius 1 is 1.17 bits per heavy atom. The van der Waals surface area contributed by atoms with Crippen molar-refractivity contribution in [2.24, 2.45) is 0 Å². The molecular formula is C18H13BrFNO3. The van der Waals surface area contributed by atoms with Crippen LogP contribution < -0.4 is 10.7 Å². The zero-order valence-corrected chi connectivity index (χ0v) is 14.3. The molecule has 0 aliphatic carbocycles. The molecule has 2 aromatic carbocycles. The van der Waals surface area contributed by atoms with Crippen molar-refractivity contribution in [3.8, 4) is 0 Å². The molecule has 122 valence electrons. The molecule has 24 heavy (non-hydrogen) atoms. The maximum absolute atomic E-state index is 13.2. The molecule has 0 spiro atoms. The van der Waals surface area contributed by atoms with Crippen molar-refractivity contribution < 1.29 is 13.6 Å². The third-order valence-corrected chi connectivity index (χ3v) is 4.23. The Bertz CT molecular complexity index is 967. The van der Waals surface area contributed by atoms with E-state index in [4.69, 9.17) is 4.42 Å². The lowest BCUT2D eigenvalue weighted by molar-refractivity contribution is 0.0906. The predicted octanol–water partition coefficient (Wildman–Crippen LogP) is 3.93. The van der Waals surface area contributed by atoms with E-state index < -0.39 is 21.6 Å². The van der Waals surface area contributed by atoms with E-state index in [-0.39, 0.29) is 16.7 Å². The minimum atomic E-state index is -0.832. The van der Waals surface area contributed by atoms with Crippen LogP contribution in [0.4, 0.5) is 4.39 Å². The van der Waals surface area contributed by atoms with Gasteiger partial charge in [-0.15, -0.1) is 0 Å². The molecule has 0 aliphatic heterocycles. The first-order valence-electron chi connectivity index (χ1n) is 7.17. The lowest BCUT2D eigenvalue weighted by Gasteiger charge is -2.24. The molecule has 0 aliphatic rings. The molecule has 1 heterocycles. The SMILES string of the molecule is C[C@](Br)(NC(=O)c1cc(=O)c2cc(F)ccc2o1)c1ccccc1. The van der Waals surface area contributed by atoms with E-state index in [9.17, 15) is 14.0 Å². The van der Waals surface area contributed by atoms with Gasteiger partial charge in [-0.1, -0.05) is 46.3 Å². The molecule has 0 unspecified atom stereocenters. The molecule has 0 radical (unpaired) electrons. The van der Waals surface area contributed by atoms with E-state index in [1.807, 2.05) is 30.3 Å². The van der Waals surface area contributed by atoms with E-state index in [0.717, 1.165) is 17.7 Å². The molecule has 4 nitrogen and oxygen atoms in total. The molecule has 1 N–H and O–H groups in total. The molecule has 3 aromatic rings. The monoisotopic (exact) mass is 389 g/mol. The van der Waals surface area contributed by atoms with Gasteiger partial charge in [0.2, 0.25) is 0 Å². The second kappa shape index (κ2) is 6.20. The number of hydrogen-bond donors (Lipinski definition) is 1. The van der Waals surface area contributed by atoms with Gasteiger partial charge in [0.05, 0.1) is 5.39 Å². The maximum atomic E-state index is 13.2. The number of halogens is 2. The van der Waals surface area contributed by atoms with Crippen LogP contribution in [0.15, 0.2) is 63.8 Å². The summed E-state index contributed by atoms with van der Waals surface area (Å²) in [5.41, 5.74) is 0.519. The summed E-state index contributed by atoms with van der Waals surface area (Å²) in [6.45, 7) is 1.77. The van der Waals surface area contributed by atoms with Gasteiger partial charge in [-0.3, -0.25) is 9.59 Å². The zero-order chi connectivity index (χ0) is 17.3. The highest BCUT2D eigenvalue weighted by Gasteiger charge is 2.26. The van der Waals surface area contributed by atoms with Crippen LogP contribution >= 0.6 is 15.9 Å². The second-order valence-electron chi connectivity index (χ2n) is 5.44. The van der Waals surface area contributed by atoms with Crippen molar-refractivity contribution in [3.05, 3.63) is 82.0 Å². The Morgan fingerprint density at radius 3 is 2.58 bits per heavy atom. The lowest BCUT2D eigenvalue weighted by atomic mass is 10.1. The van der Waals surface area contributed by atoms with Gasteiger partial charge >= 0.3 is 0 Å². The average molecular weight is 390 g/mol. The molecule has 1 amide bonds. The fourth-order valence-electron chi connectivity index (χ4n) is 2.34. The summed E-state index contributed by atoms with van der Waals surface area (Å²) in [5, 5.41) is 2.86. The minimum Gasteiger partial charge on any atom is -0.451 e. The Balaban J connectivity index is 1.94. The van der Waals surface area contributed by atoms with Gasteiger partial charge in [-0.25, -0.2) is 4.39 Å². The van der Waals surface area contributed by atoms with Crippen molar-refractivity contribution in [3.63, 3.8) is 0 Å². The third-order valence-electron chi connectivity index (χ3n) is 3.58. The van der Waals surface area contributed by atoms with E-state index in [1.165, 1.54) is 12.1 Å². The van der Waals surface area contributed by atoms with Gasteiger partial charge in [-0.2, -0.15) is 0 Å². The Hall–Kier alpha value is -2.47. The molecule has 1 aromatic heterocycles. The quantitative estimate of drug-likeness (QED) is 0.545. The molecule has 6 heteroatoms. The first kappa shape index (κ1) is 16.4. The van der Waals surface area contributed by atoms with Crippen molar-refractivity contribution in [2.45, 2.75) is 11.4 Å². The molecule has 0 fully saturated rings. The number of benzene rings is 2. The highest BCUT2D eigenvalue weighted by molar-refractivity contribution is 9.09. The van der Waals surface area contributed by atoms with Crippen molar-refractivity contribution >= 4 is 32.8 Å². The average Bonchev–Trinajstić information content (AvgIpc) is 2.56. The highest BCUT2D eigenvalue weighted by atomic mass is 79.9. The van der Waals surface area contributed by atoms with Crippen molar-refractivity contribution in [2.75, 3.05) is 0 Å². The largest absolute Gasteiger partial charge is 0.451 e. The predicted molar refractivity (Wildman–Crippen MR) is 92.6 cm³/mol. The molecule has 3 rings (SSSR count). The number of nitrogens with one attached hydrogen (secondary N) is 1. The van der Waals surface area contributed by atoms with Gasteiger partial charge in [0, 0.05) is 6.07 Å². The standard InChI is InChI=1S/C18H13BrFNO3/c1-18(19,11-5-3-2-4-6-11)21-17(23)16-10-14(22)13-9-12(20)7-8-15(13)24-16/h2-10H,1H3,(H,21,23)/t18-/m0/s1. The van der Waals surface area contributed by atoms with E-state index in [2.05, 4.69) is 21.2 Å². The Labute approximate surface area is 145 Å². The minimum absolute atomic E-state index is 0.0937. The van der Waals surface area contributed by atoms with Crippen LogP contribution in [0.3, 0.4) is 0 Å². The summed E-state index contributed by atoms with van der Waals surface area (Å²) in [6.07, 6.45) is 0. The summed E-state index contributed by atoms with van der Waals surface area (Å²) in [4.78, 5) is 24.5. The summed E-state index contributed by atoms with van der Waals surface area (Å²) in [6, 6.07) is 13.9. The fraction of sp³-hybridized carbons (Fsp3) is 0.111. The normalized spacial score (nSPS) is 13.5. The molecular weight excluding hydrogens is 377 g/mol. The number of carbonyl (C=O) groups excluding carboxylic acids is 1. The van der Waals surface area contributed by atoms with Gasteiger partial charge in [0.25, 0.3) is 5.91 Å². The van der Waals surface area contributed by atoms with Crippen LogP contribution in [-0.4, -0.2) is 5.91 Å². The summed E-state index contributed by atoms with van der Waals surface area (Å²) >= 11 is 3.46. The molecule has 0 bridgehead atoms. The van der Waals surface area contributed by atoms with Gasteiger partial charge < -0.3 is 9.73 Å². The Morgan fingerprint density at radius 2 is 1.88 bits per heavy atom. The molecule has 0 saturated carbocycles. The van der Waals surface area contributed by atoms with Crippen LogP contribution in [0.25, 0.3) is 11.0 Å². The summed E-state index contributed by atoms with van der Waals surface area (Å²) in [7, 11) is 0. The maximum Gasteiger partial charge on any atom is 0.288 e. The van der Waals surface area contributed by atoms with Crippen LogP contribution in [0, 0.1) is 5.82 Å². The summed E-state index contributed by atoms with van der Waals surface area (Å²) < 4.78 is 17.8. The number of alkyl halides is 1. The first-order chi connectivity index (χ1) is 11.4. The smallest absolute Gasteiger partial charge is 0.288 e. The van der Waals surface area contributed by atoms with Gasteiger partial charge in [0.1, 0.15) is 15.8 Å². The number of carbonyl (C=O) groups is 1. The van der Waals surface area contributed by atoms with Crippen LogP contribution in [0.1, 0.15) is 23.0 Å². The Kier molecular flexibility index (Phi) is 4.24. The number of rotatable bonds is 3. The van der Waals surface area contributed by atoms with Crippen LogP contribution in [0.5, 0.6) is 0 Å². The van der Waals surface area contributed by atoms with Crippen LogP contribution in [-0.2, 0) is 4.45 Å². The third kappa shape index (κ3) is 3.23. The van der Waals surface area contributed by atoms with Crippen molar-refractivity contribution in [1.82, 2.24) is 5.32 Å². The summed E-state index contributed by atoms with van der Waals surface area (Å²) in [5.74, 6) is -1.23. The fourth-order valence-corrected chi connectivity index (χ4v) is 2.78. The van der Waals surface area contributed by atoms with E-state index in [1.54, 1.807) is 6.92 Å². The van der Waals surface area contributed by atoms with Gasteiger partial charge in [0.15, 0.2) is 11.2 Å². The van der Waals surface area contributed by atoms with Crippen LogP contribution in [0.2, 0.25) is 0 Å². The highest BCUT2D eigenvalue weighted by Crippen LogP contribution is 2.28. The number of amides is 1.